The maximum absolute atomic E-state index is 12.3. The van der Waals surface area contributed by atoms with E-state index in [4.69, 9.17) is 0 Å². The van der Waals surface area contributed by atoms with Gasteiger partial charge in [-0.25, -0.2) is 4.98 Å². The molecule has 1 aromatic carbocycles. The summed E-state index contributed by atoms with van der Waals surface area (Å²) in [6.07, 6.45) is 1.64. The van der Waals surface area contributed by atoms with Gasteiger partial charge in [0.25, 0.3) is 5.91 Å². The van der Waals surface area contributed by atoms with Gasteiger partial charge in [0.2, 0.25) is 0 Å². The van der Waals surface area contributed by atoms with Crippen molar-refractivity contribution in [3.63, 3.8) is 0 Å². The first-order valence-corrected chi connectivity index (χ1v) is 8.22. The van der Waals surface area contributed by atoms with E-state index in [2.05, 4.69) is 10.3 Å². The maximum Gasteiger partial charge on any atom is 0.267 e. The summed E-state index contributed by atoms with van der Waals surface area (Å²) in [5.74, 6) is -0.107. The molecule has 0 atom stereocenters. The van der Waals surface area contributed by atoms with Crippen molar-refractivity contribution in [2.75, 3.05) is 5.32 Å². The van der Waals surface area contributed by atoms with Gasteiger partial charge >= 0.3 is 0 Å². The van der Waals surface area contributed by atoms with Gasteiger partial charge in [-0.1, -0.05) is 18.2 Å². The third kappa shape index (κ3) is 2.89. The molecule has 1 N–H and O–H groups in total. The molecule has 2 aromatic heterocycles. The Balaban J connectivity index is 1.81. The lowest BCUT2D eigenvalue weighted by Crippen LogP contribution is -2.11. The highest BCUT2D eigenvalue weighted by Gasteiger charge is 2.13. The van der Waals surface area contributed by atoms with Gasteiger partial charge in [0.05, 0.1) is 11.1 Å². The van der Waals surface area contributed by atoms with E-state index < -0.39 is 0 Å². The van der Waals surface area contributed by atoms with Gasteiger partial charge in [0, 0.05) is 5.69 Å². The number of rotatable bonds is 3. The summed E-state index contributed by atoms with van der Waals surface area (Å²) < 4.78 is 0. The van der Waals surface area contributed by atoms with Gasteiger partial charge in [-0.05, 0) is 42.5 Å². The average Bonchev–Trinajstić information content (AvgIpc) is 3.13. The molecular formula is C16H14N2OS2. The smallest absolute Gasteiger partial charge is 0.267 e. The number of carbonyl (C=O) groups excluding carboxylic acids is 1. The molecular weight excluding hydrogens is 300 g/mol. The predicted octanol–water partition coefficient (Wildman–Crippen LogP) is 4.74. The van der Waals surface area contributed by atoms with Crippen molar-refractivity contribution in [3.8, 4) is 9.88 Å². The fraction of sp³-hybridized carbons (Fsp3) is 0.125. The molecule has 0 saturated heterocycles. The van der Waals surface area contributed by atoms with Crippen LogP contribution in [0.5, 0.6) is 0 Å². The first-order valence-electron chi connectivity index (χ1n) is 6.52. The van der Waals surface area contributed by atoms with Crippen molar-refractivity contribution in [2.24, 2.45) is 0 Å². The average molecular weight is 314 g/mol. The zero-order chi connectivity index (χ0) is 14.8. The molecule has 0 unspecified atom stereocenters. The van der Waals surface area contributed by atoms with Crippen LogP contribution in [0.1, 0.15) is 20.8 Å². The monoisotopic (exact) mass is 314 g/mol. The van der Waals surface area contributed by atoms with Gasteiger partial charge in [-0.2, -0.15) is 0 Å². The van der Waals surface area contributed by atoms with E-state index >= 15 is 0 Å². The summed E-state index contributed by atoms with van der Waals surface area (Å²) in [6, 6.07) is 9.89. The second kappa shape index (κ2) is 5.79. The minimum Gasteiger partial charge on any atom is -0.321 e. The lowest BCUT2D eigenvalue weighted by molar-refractivity contribution is 0.103. The summed E-state index contributed by atoms with van der Waals surface area (Å²) in [7, 11) is 0. The van der Waals surface area contributed by atoms with E-state index in [1.807, 2.05) is 49.6 Å². The zero-order valence-electron chi connectivity index (χ0n) is 11.7. The van der Waals surface area contributed by atoms with E-state index in [1.165, 1.54) is 11.3 Å². The third-order valence-corrected chi connectivity index (χ3v) is 5.35. The molecule has 0 aliphatic heterocycles. The molecule has 0 spiro atoms. The fourth-order valence-electron chi connectivity index (χ4n) is 1.96. The summed E-state index contributed by atoms with van der Waals surface area (Å²) >= 11 is 3.04. The quantitative estimate of drug-likeness (QED) is 0.758. The number of aromatic nitrogens is 1. The number of thiazole rings is 1. The largest absolute Gasteiger partial charge is 0.321 e. The minimum absolute atomic E-state index is 0.107. The van der Waals surface area contributed by atoms with Crippen molar-refractivity contribution < 1.29 is 4.79 Å². The van der Waals surface area contributed by atoms with E-state index in [-0.39, 0.29) is 5.91 Å². The van der Waals surface area contributed by atoms with Gasteiger partial charge in [-0.15, -0.1) is 22.7 Å². The van der Waals surface area contributed by atoms with Crippen LogP contribution in [-0.4, -0.2) is 10.9 Å². The molecule has 3 nitrogen and oxygen atoms in total. The van der Waals surface area contributed by atoms with Gasteiger partial charge in [-0.3, -0.25) is 4.79 Å². The fourth-order valence-corrected chi connectivity index (χ4v) is 3.58. The number of amides is 1. The van der Waals surface area contributed by atoms with Crippen LogP contribution in [0.2, 0.25) is 0 Å². The van der Waals surface area contributed by atoms with Crippen LogP contribution in [0.25, 0.3) is 9.88 Å². The van der Waals surface area contributed by atoms with E-state index in [1.54, 1.807) is 17.5 Å². The maximum atomic E-state index is 12.3. The second-order valence-electron chi connectivity index (χ2n) is 4.71. The summed E-state index contributed by atoms with van der Waals surface area (Å²) in [5, 5.41) is 5.85. The van der Waals surface area contributed by atoms with Crippen molar-refractivity contribution in [2.45, 2.75) is 13.8 Å². The minimum atomic E-state index is -0.107. The van der Waals surface area contributed by atoms with Crippen LogP contribution in [0.3, 0.4) is 0 Å². The topological polar surface area (TPSA) is 42.0 Å². The number of carbonyl (C=O) groups is 1. The Morgan fingerprint density at radius 3 is 2.81 bits per heavy atom. The Morgan fingerprint density at radius 2 is 2.05 bits per heavy atom. The molecule has 0 aliphatic carbocycles. The number of hydrogen-bond acceptors (Lipinski definition) is 4. The molecule has 106 valence electrons. The van der Waals surface area contributed by atoms with Crippen molar-refractivity contribution in [3.05, 3.63) is 57.9 Å². The molecule has 0 saturated carbocycles. The summed E-state index contributed by atoms with van der Waals surface area (Å²) in [5.41, 5.74) is 3.11. The second-order valence-corrected chi connectivity index (χ2v) is 6.69. The Morgan fingerprint density at radius 1 is 1.19 bits per heavy atom. The van der Waals surface area contributed by atoms with Gasteiger partial charge < -0.3 is 5.32 Å². The van der Waals surface area contributed by atoms with Crippen LogP contribution >= 0.6 is 22.7 Å². The lowest BCUT2D eigenvalue weighted by atomic mass is 10.1. The van der Waals surface area contributed by atoms with Crippen LogP contribution in [-0.2, 0) is 0 Å². The number of nitrogens with one attached hydrogen (secondary N) is 1. The van der Waals surface area contributed by atoms with Crippen molar-refractivity contribution in [1.29, 1.82) is 0 Å². The molecule has 3 aromatic rings. The Hall–Kier alpha value is -1.98. The van der Waals surface area contributed by atoms with Crippen molar-refractivity contribution >= 4 is 34.3 Å². The summed E-state index contributed by atoms with van der Waals surface area (Å²) in [4.78, 5) is 18.4. The highest BCUT2D eigenvalue weighted by Crippen LogP contribution is 2.29. The van der Waals surface area contributed by atoms with Gasteiger partial charge in [0.1, 0.15) is 9.88 Å². The molecule has 5 heteroatoms. The summed E-state index contributed by atoms with van der Waals surface area (Å²) in [6.45, 7) is 4.04. The predicted molar refractivity (Wildman–Crippen MR) is 89.3 cm³/mol. The Labute approximate surface area is 131 Å². The van der Waals surface area contributed by atoms with Gasteiger partial charge in [0.15, 0.2) is 0 Å². The van der Waals surface area contributed by atoms with Crippen molar-refractivity contribution in [1.82, 2.24) is 4.98 Å². The third-order valence-electron chi connectivity index (χ3n) is 3.31. The molecule has 0 aliphatic rings. The number of nitrogens with zero attached hydrogens (tertiary/aromatic N) is 1. The SMILES string of the molecule is Cc1cccc(NC(=O)c2cnc(-c3cccs3)s2)c1C. The van der Waals surface area contributed by atoms with Crippen LogP contribution < -0.4 is 5.32 Å². The molecule has 3 rings (SSSR count). The molecule has 0 fully saturated rings. The normalized spacial score (nSPS) is 10.6. The van der Waals surface area contributed by atoms with E-state index in [9.17, 15) is 4.79 Å². The molecule has 2 heterocycles. The van der Waals surface area contributed by atoms with Crippen LogP contribution in [0.4, 0.5) is 5.69 Å². The zero-order valence-corrected chi connectivity index (χ0v) is 13.3. The van der Waals surface area contributed by atoms with Crippen LogP contribution in [0.15, 0.2) is 41.9 Å². The molecule has 0 bridgehead atoms. The standard InChI is InChI=1S/C16H14N2OS2/c1-10-5-3-6-12(11(10)2)18-15(19)14-9-17-16(21-14)13-7-4-8-20-13/h3-9H,1-2H3,(H,18,19). The molecule has 21 heavy (non-hydrogen) atoms. The number of aryl methyl sites for hydroxylation is 1. The Kier molecular flexibility index (Phi) is 3.86. The number of hydrogen-bond donors (Lipinski definition) is 1. The van der Waals surface area contributed by atoms with E-state index in [0.717, 1.165) is 26.7 Å². The Bertz CT molecular complexity index is 775. The first-order chi connectivity index (χ1) is 10.1. The molecule has 0 radical (unpaired) electrons. The number of thiophene rings is 1. The number of benzene rings is 1. The van der Waals surface area contributed by atoms with E-state index in [0.29, 0.717) is 4.88 Å². The highest BCUT2D eigenvalue weighted by atomic mass is 32.1. The first kappa shape index (κ1) is 14.0. The number of anilines is 1. The molecule has 1 amide bonds. The highest BCUT2D eigenvalue weighted by molar-refractivity contribution is 7.22. The van der Waals surface area contributed by atoms with Crippen LogP contribution in [0, 0.1) is 13.8 Å². The lowest BCUT2D eigenvalue weighted by Gasteiger charge is -2.09.